The normalized spacial score (nSPS) is 19.1. The molecule has 1 aromatic rings. The number of likely N-dealkylation sites (tertiary alicyclic amines) is 1. The molecule has 1 N–H and O–H groups in total. The monoisotopic (exact) mass is 357 g/mol. The third kappa shape index (κ3) is 3.88. The molecule has 1 aromatic heterocycles. The highest BCUT2D eigenvalue weighted by Gasteiger charge is 2.34. The van der Waals surface area contributed by atoms with Gasteiger partial charge >= 0.3 is 0 Å². The number of aliphatic hydroxyl groups is 1. The lowest BCUT2D eigenvalue weighted by Gasteiger charge is -2.38. The summed E-state index contributed by atoms with van der Waals surface area (Å²) in [5.41, 5.74) is 1.67. The van der Waals surface area contributed by atoms with Gasteiger partial charge in [-0.2, -0.15) is 5.10 Å². The van der Waals surface area contributed by atoms with Gasteiger partial charge in [0.05, 0.1) is 21.5 Å². The Morgan fingerprint density at radius 1 is 1.24 bits per heavy atom. The highest BCUT2D eigenvalue weighted by Crippen LogP contribution is 2.31. The van der Waals surface area contributed by atoms with E-state index in [0.29, 0.717) is 6.42 Å². The summed E-state index contributed by atoms with van der Waals surface area (Å²) in [4.78, 5) is 2.46. The van der Waals surface area contributed by atoms with Crippen molar-refractivity contribution in [2.75, 3.05) is 19.6 Å². The number of hydrogen-bond donors (Lipinski definition) is 1. The van der Waals surface area contributed by atoms with Crippen LogP contribution in [0.25, 0.3) is 0 Å². The third-order valence-corrected chi connectivity index (χ3v) is 5.43. The highest BCUT2D eigenvalue weighted by atomic mass is 79.9. The van der Waals surface area contributed by atoms with E-state index in [1.54, 1.807) is 0 Å². The van der Waals surface area contributed by atoms with Gasteiger partial charge < -0.3 is 10.0 Å². The van der Waals surface area contributed by atoms with Crippen LogP contribution in [0.5, 0.6) is 0 Å². The molecule has 1 aliphatic heterocycles. The molecule has 0 aliphatic carbocycles. The van der Waals surface area contributed by atoms with E-state index >= 15 is 0 Å². The van der Waals surface area contributed by atoms with Gasteiger partial charge in [-0.25, -0.2) is 0 Å². The molecule has 4 nitrogen and oxygen atoms in total. The van der Waals surface area contributed by atoms with E-state index in [0.717, 1.165) is 61.3 Å². The van der Waals surface area contributed by atoms with Gasteiger partial charge in [0.15, 0.2) is 0 Å². The summed E-state index contributed by atoms with van der Waals surface area (Å²) in [5, 5.41) is 15.6. The van der Waals surface area contributed by atoms with Crippen LogP contribution in [0.4, 0.5) is 0 Å². The maximum atomic E-state index is 10.9. The average molecular weight is 358 g/mol. The first kappa shape index (κ1) is 17.0. The molecule has 0 bridgehead atoms. The second-order valence-corrected chi connectivity index (χ2v) is 6.91. The Morgan fingerprint density at radius 2 is 1.90 bits per heavy atom. The fourth-order valence-corrected chi connectivity index (χ4v) is 3.89. The van der Waals surface area contributed by atoms with Gasteiger partial charge in [0.1, 0.15) is 0 Å². The molecule has 5 heteroatoms. The summed E-state index contributed by atoms with van der Waals surface area (Å²) in [6.07, 6.45) is 4.52. The predicted octanol–water partition coefficient (Wildman–Crippen LogP) is 3.01. The maximum absolute atomic E-state index is 10.9. The van der Waals surface area contributed by atoms with Gasteiger partial charge in [0, 0.05) is 26.1 Å². The minimum atomic E-state index is -0.579. The molecule has 0 amide bonds. The minimum absolute atomic E-state index is 0.579. The second kappa shape index (κ2) is 7.25. The molecule has 21 heavy (non-hydrogen) atoms. The number of aryl methyl sites for hydroxylation is 2. The lowest BCUT2D eigenvalue weighted by atomic mass is 9.86. The van der Waals surface area contributed by atoms with Crippen molar-refractivity contribution < 1.29 is 5.11 Å². The Bertz CT molecular complexity index is 464. The second-order valence-electron chi connectivity index (χ2n) is 6.12. The number of nitrogens with zero attached hydrogens (tertiary/aromatic N) is 3. The van der Waals surface area contributed by atoms with Crippen LogP contribution in [-0.2, 0) is 19.4 Å². The fourth-order valence-electron chi connectivity index (χ4n) is 3.18. The standard InChI is InChI=1S/C16H28BrN3O/c1-4-9-19-10-7-16(21,8-11-19)12-14-15(17)13(5-2)18-20(14)6-3/h21H,4-12H2,1-3H3. The van der Waals surface area contributed by atoms with Crippen LogP contribution >= 0.6 is 15.9 Å². The molecule has 1 fully saturated rings. The molecule has 0 radical (unpaired) electrons. The van der Waals surface area contributed by atoms with Gasteiger partial charge in [-0.05, 0) is 55.1 Å². The molecular weight excluding hydrogens is 330 g/mol. The van der Waals surface area contributed by atoms with Crippen molar-refractivity contribution in [3.8, 4) is 0 Å². The lowest BCUT2D eigenvalue weighted by Crippen LogP contribution is -2.46. The van der Waals surface area contributed by atoms with Crippen LogP contribution in [0.15, 0.2) is 4.47 Å². The Labute approximate surface area is 136 Å². The summed E-state index contributed by atoms with van der Waals surface area (Å²) < 4.78 is 3.13. The first-order valence-corrected chi connectivity index (χ1v) is 9.01. The molecular formula is C16H28BrN3O. The SMILES string of the molecule is CCCN1CCC(O)(Cc2c(Br)c(CC)nn2CC)CC1. The van der Waals surface area contributed by atoms with Crippen LogP contribution in [0.1, 0.15) is 51.4 Å². The number of halogens is 1. The fraction of sp³-hybridized carbons (Fsp3) is 0.812. The molecule has 0 spiro atoms. The molecule has 2 rings (SSSR count). The molecule has 120 valence electrons. The van der Waals surface area contributed by atoms with E-state index in [-0.39, 0.29) is 0 Å². The van der Waals surface area contributed by atoms with Crippen LogP contribution < -0.4 is 0 Å². The van der Waals surface area contributed by atoms with E-state index in [1.165, 1.54) is 6.42 Å². The van der Waals surface area contributed by atoms with E-state index in [4.69, 9.17) is 0 Å². The zero-order valence-corrected chi connectivity index (χ0v) is 15.1. The average Bonchev–Trinajstić information content (AvgIpc) is 2.78. The highest BCUT2D eigenvalue weighted by molar-refractivity contribution is 9.10. The largest absolute Gasteiger partial charge is 0.389 e. The van der Waals surface area contributed by atoms with Crippen molar-refractivity contribution >= 4 is 15.9 Å². The van der Waals surface area contributed by atoms with Crippen molar-refractivity contribution in [3.05, 3.63) is 15.9 Å². The van der Waals surface area contributed by atoms with E-state index in [1.807, 2.05) is 4.68 Å². The topological polar surface area (TPSA) is 41.3 Å². The van der Waals surface area contributed by atoms with Crippen LogP contribution in [0.2, 0.25) is 0 Å². The zero-order chi connectivity index (χ0) is 15.5. The summed E-state index contributed by atoms with van der Waals surface area (Å²) in [5.74, 6) is 0. The van der Waals surface area contributed by atoms with E-state index < -0.39 is 5.60 Å². The molecule has 2 heterocycles. The molecule has 0 aromatic carbocycles. The van der Waals surface area contributed by atoms with Crippen LogP contribution in [-0.4, -0.2) is 45.0 Å². The van der Waals surface area contributed by atoms with Gasteiger partial charge in [0.2, 0.25) is 0 Å². The van der Waals surface area contributed by atoms with Crippen molar-refractivity contribution in [2.45, 2.75) is 65.0 Å². The van der Waals surface area contributed by atoms with Crippen molar-refractivity contribution in [1.29, 1.82) is 0 Å². The van der Waals surface area contributed by atoms with E-state index in [9.17, 15) is 5.11 Å². The quantitative estimate of drug-likeness (QED) is 0.850. The lowest BCUT2D eigenvalue weighted by molar-refractivity contribution is -0.0220. The molecule has 0 saturated carbocycles. The third-order valence-electron chi connectivity index (χ3n) is 4.52. The first-order valence-electron chi connectivity index (χ1n) is 8.21. The van der Waals surface area contributed by atoms with Crippen LogP contribution in [0, 0.1) is 0 Å². The molecule has 1 saturated heterocycles. The van der Waals surface area contributed by atoms with Gasteiger partial charge in [-0.15, -0.1) is 0 Å². The number of aromatic nitrogens is 2. The zero-order valence-electron chi connectivity index (χ0n) is 13.5. The maximum Gasteiger partial charge on any atom is 0.0766 e. The number of rotatable bonds is 6. The summed E-state index contributed by atoms with van der Waals surface area (Å²) >= 11 is 3.69. The van der Waals surface area contributed by atoms with Crippen molar-refractivity contribution in [1.82, 2.24) is 14.7 Å². The molecule has 0 unspecified atom stereocenters. The van der Waals surface area contributed by atoms with Gasteiger partial charge in [-0.1, -0.05) is 13.8 Å². The Morgan fingerprint density at radius 3 is 2.43 bits per heavy atom. The minimum Gasteiger partial charge on any atom is -0.389 e. The smallest absolute Gasteiger partial charge is 0.0766 e. The number of piperidine rings is 1. The van der Waals surface area contributed by atoms with Crippen molar-refractivity contribution in [3.63, 3.8) is 0 Å². The summed E-state index contributed by atoms with van der Waals surface area (Å²) in [6, 6.07) is 0. The first-order chi connectivity index (χ1) is 10.0. The van der Waals surface area contributed by atoms with E-state index in [2.05, 4.69) is 46.7 Å². The Balaban J connectivity index is 2.09. The molecule has 1 aliphatic rings. The van der Waals surface area contributed by atoms with Gasteiger partial charge in [-0.3, -0.25) is 4.68 Å². The summed E-state index contributed by atoms with van der Waals surface area (Å²) in [6.45, 7) is 10.4. The number of hydrogen-bond acceptors (Lipinski definition) is 3. The molecule has 0 atom stereocenters. The summed E-state index contributed by atoms with van der Waals surface area (Å²) in [7, 11) is 0. The van der Waals surface area contributed by atoms with Gasteiger partial charge in [0.25, 0.3) is 0 Å². The van der Waals surface area contributed by atoms with Crippen molar-refractivity contribution in [2.24, 2.45) is 0 Å². The Hall–Kier alpha value is -0.390. The van der Waals surface area contributed by atoms with Crippen LogP contribution in [0.3, 0.4) is 0 Å². The Kier molecular flexibility index (Phi) is 5.86. The predicted molar refractivity (Wildman–Crippen MR) is 89.6 cm³/mol.